The zero-order chi connectivity index (χ0) is 58.2. The monoisotopic (exact) mass is 1160 g/mol. The first kappa shape index (κ1) is 59.7. The third kappa shape index (κ3) is 14.9. The highest BCUT2D eigenvalue weighted by molar-refractivity contribution is 7.19. The standard InChI is InChI=1S/C27H29F3N6O3S.C14H17F3N4OS.C13H12N2O3/c1-36(24-19-10-18(12-27(28,29)30)40-26(19)33-14-32-24)21-8-17(9-22(21)37)31-13-15-4-6-16(7-5-15)20-11-23(38-2)25(39-3)35-34-20;1-21(10-2-7(18)3-11(10)22)12-9-4-8(5-14(15,16)17)23-13(9)20-6-19-12;1-17-12-7-11(14-15-13(12)18-2)10-5-3-9(8-16)4-6-10/h4-7,10-11,14,17,21-22,31,37H,8-9,12-13H2,1-3H3;4,6-7,10-11,22H,2-3,5,18H2,1H3;3-8H,1-2H3/t17-,21+,22-;7-,10+,11-;/m11./s1. The van der Waals surface area contributed by atoms with Gasteiger partial charge in [0.15, 0.2) is 11.5 Å². The number of aliphatic hydroxyl groups excluding tert-OH is 2. The molecule has 10 rings (SSSR count). The number of nitrogens with two attached hydrogens (primary N) is 1. The Kier molecular flexibility index (Phi) is 19.2. The van der Waals surface area contributed by atoms with Crippen LogP contribution in [0.25, 0.3) is 42.9 Å². The molecule has 0 amide bonds. The number of ether oxygens (including phenoxy) is 4. The number of carbonyl (C=O) groups excluding carboxylic acids is 1. The van der Waals surface area contributed by atoms with Crippen molar-refractivity contribution in [3.63, 3.8) is 0 Å². The minimum atomic E-state index is -4.29. The van der Waals surface area contributed by atoms with Crippen LogP contribution in [0.5, 0.6) is 23.3 Å². The van der Waals surface area contributed by atoms with Crippen LogP contribution in [0.15, 0.2) is 85.5 Å². The van der Waals surface area contributed by atoms with E-state index in [4.69, 9.17) is 24.7 Å². The van der Waals surface area contributed by atoms with Crippen LogP contribution in [0, 0.1) is 0 Å². The van der Waals surface area contributed by atoms with Gasteiger partial charge in [0.2, 0.25) is 0 Å². The van der Waals surface area contributed by atoms with Crippen molar-refractivity contribution in [2.45, 2.75) is 93.8 Å². The van der Waals surface area contributed by atoms with Crippen LogP contribution in [-0.2, 0) is 19.4 Å². The van der Waals surface area contributed by atoms with Gasteiger partial charge in [-0.25, -0.2) is 19.9 Å². The summed E-state index contributed by atoms with van der Waals surface area (Å²) in [5.74, 6) is 2.72. The molecule has 8 aromatic rings. The van der Waals surface area contributed by atoms with E-state index in [-0.39, 0.29) is 33.9 Å². The summed E-state index contributed by atoms with van der Waals surface area (Å²) in [5, 5.41) is 41.8. The summed E-state index contributed by atoms with van der Waals surface area (Å²) in [4.78, 5) is 32.4. The Bertz CT molecular complexity index is 3390. The maximum Gasteiger partial charge on any atom is 0.393 e. The third-order valence-corrected chi connectivity index (χ3v) is 15.7. The topological polar surface area (TPSA) is 242 Å². The molecule has 2 aromatic carbocycles. The number of hydrogen-bond acceptors (Lipinski definition) is 21. The molecule has 0 radical (unpaired) electrons. The highest BCUT2D eigenvalue weighted by Gasteiger charge is 2.38. The molecule has 5 N–H and O–H groups in total. The first-order valence-electron chi connectivity index (χ1n) is 25.1. The molecule has 430 valence electrons. The SMILES string of the molecule is CN(c1ncnc2sc(CC(F)(F)F)cc12)[C@H]1C[C@@H](N)C[C@H]1O.COc1cc(-c2ccc(C=O)cc2)nnc1OC.COc1cc(-c2ccc(CN[C@H]3C[C@@H](O)[C@@H](N(C)c4ncnc5sc(CC(F)(F)F)cc45)C3)cc2)nnc1OC. The quantitative estimate of drug-likeness (QED) is 0.0524. The number of thiophene rings is 2. The van der Waals surface area contributed by atoms with Crippen LogP contribution < -0.4 is 39.8 Å². The fraction of sp³-hybridized carbons (Fsp3) is 0.389. The number of halogens is 6. The van der Waals surface area contributed by atoms with E-state index in [9.17, 15) is 41.4 Å². The van der Waals surface area contributed by atoms with Crippen molar-refractivity contribution in [2.75, 3.05) is 52.3 Å². The van der Waals surface area contributed by atoms with E-state index in [2.05, 4.69) is 45.6 Å². The molecule has 6 atom stereocenters. The number of methoxy groups -OCH3 is 4. The number of carbonyl (C=O) groups is 1. The number of likely N-dealkylation sites (N-methyl/N-ethyl adjacent to an activating group) is 2. The van der Waals surface area contributed by atoms with Crippen molar-refractivity contribution in [1.82, 2.24) is 45.6 Å². The van der Waals surface area contributed by atoms with Crippen LogP contribution in [0.1, 0.15) is 51.4 Å². The lowest BCUT2D eigenvalue weighted by Gasteiger charge is -2.28. The van der Waals surface area contributed by atoms with Gasteiger partial charge in [0.05, 0.1) is 87.7 Å². The molecule has 0 bridgehead atoms. The number of hydrogen-bond donors (Lipinski definition) is 4. The molecule has 0 unspecified atom stereocenters. The second-order valence-electron chi connectivity index (χ2n) is 19.2. The van der Waals surface area contributed by atoms with Crippen molar-refractivity contribution in [3.05, 3.63) is 106 Å². The van der Waals surface area contributed by atoms with Crippen LogP contribution in [-0.4, -0.2) is 148 Å². The lowest BCUT2D eigenvalue weighted by molar-refractivity contribution is -0.127. The summed E-state index contributed by atoms with van der Waals surface area (Å²) < 4.78 is 97.1. The minimum Gasteiger partial charge on any atom is -0.491 e. The van der Waals surface area contributed by atoms with Gasteiger partial charge in [0.1, 0.15) is 40.2 Å². The number of aliphatic hydroxyl groups is 2. The Hall–Kier alpha value is -7.43. The van der Waals surface area contributed by atoms with Crippen LogP contribution in [0.3, 0.4) is 0 Å². The van der Waals surface area contributed by atoms with Gasteiger partial charge in [0, 0.05) is 71.3 Å². The molecular formula is C54H58F6N12O7S2. The zero-order valence-electron chi connectivity index (χ0n) is 44.6. The molecule has 2 saturated carbocycles. The summed E-state index contributed by atoms with van der Waals surface area (Å²) >= 11 is 2.03. The van der Waals surface area contributed by atoms with Crippen LogP contribution in [0.4, 0.5) is 38.0 Å². The van der Waals surface area contributed by atoms with Crippen LogP contribution >= 0.6 is 22.7 Å². The first-order valence-corrected chi connectivity index (χ1v) is 26.8. The number of nitrogens with zero attached hydrogens (tertiary/aromatic N) is 10. The molecule has 6 aromatic heterocycles. The molecule has 27 heteroatoms. The third-order valence-electron chi connectivity index (χ3n) is 13.6. The maximum atomic E-state index is 12.9. The Morgan fingerprint density at radius 3 is 1.51 bits per heavy atom. The van der Waals surface area contributed by atoms with Gasteiger partial charge in [-0.3, -0.25) is 4.79 Å². The highest BCUT2D eigenvalue weighted by Crippen LogP contribution is 2.38. The molecule has 0 aliphatic heterocycles. The summed E-state index contributed by atoms with van der Waals surface area (Å²) in [5.41, 5.74) is 10.6. The van der Waals surface area contributed by atoms with Crippen molar-refractivity contribution >= 4 is 61.0 Å². The number of alkyl halides is 6. The van der Waals surface area contributed by atoms with Gasteiger partial charge in [-0.2, -0.15) is 26.3 Å². The van der Waals surface area contributed by atoms with Crippen LogP contribution in [0.2, 0.25) is 0 Å². The van der Waals surface area contributed by atoms with E-state index in [1.54, 1.807) is 62.6 Å². The number of nitrogens with one attached hydrogen (secondary N) is 1. The van der Waals surface area contributed by atoms with Crippen molar-refractivity contribution < 1.29 is 60.3 Å². The Labute approximate surface area is 469 Å². The minimum absolute atomic E-state index is 0.0550. The fourth-order valence-electron chi connectivity index (χ4n) is 9.63. The maximum absolute atomic E-state index is 12.9. The lowest BCUT2D eigenvalue weighted by Crippen LogP contribution is -2.38. The average molecular weight is 1170 g/mol. The second kappa shape index (κ2) is 26.0. The predicted octanol–water partition coefficient (Wildman–Crippen LogP) is 8.44. The van der Waals surface area contributed by atoms with Crippen molar-refractivity contribution in [3.8, 4) is 45.8 Å². The number of aromatic nitrogens is 8. The normalized spacial score (nSPS) is 18.9. The number of aldehydes is 1. The van der Waals surface area contributed by atoms with E-state index < -0.39 is 37.4 Å². The van der Waals surface area contributed by atoms with Crippen molar-refractivity contribution in [2.24, 2.45) is 5.73 Å². The van der Waals surface area contributed by atoms with Gasteiger partial charge in [0.25, 0.3) is 11.8 Å². The Balaban J connectivity index is 0.000000177. The molecule has 2 fully saturated rings. The van der Waals surface area contributed by atoms with E-state index in [1.807, 2.05) is 36.2 Å². The fourth-order valence-corrected chi connectivity index (χ4v) is 11.7. The lowest BCUT2D eigenvalue weighted by atomic mass is 10.1. The summed E-state index contributed by atoms with van der Waals surface area (Å²) in [6.07, 6.45) is -5.91. The predicted molar refractivity (Wildman–Crippen MR) is 294 cm³/mol. The van der Waals surface area contributed by atoms with Gasteiger partial charge < -0.3 is 50.0 Å². The Morgan fingerprint density at radius 1 is 0.630 bits per heavy atom. The molecular weight excluding hydrogens is 1110 g/mol. The van der Waals surface area contributed by atoms with E-state index in [0.29, 0.717) is 105 Å². The summed E-state index contributed by atoms with van der Waals surface area (Å²) in [6.45, 7) is 0.606. The van der Waals surface area contributed by atoms with Gasteiger partial charge in [-0.05, 0) is 43.4 Å². The molecule has 2 aliphatic rings. The van der Waals surface area contributed by atoms with E-state index >= 15 is 0 Å². The number of fused-ring (bicyclic) bond motifs is 2. The molecule has 81 heavy (non-hydrogen) atoms. The van der Waals surface area contributed by atoms with E-state index in [0.717, 1.165) is 45.7 Å². The molecule has 0 spiro atoms. The first-order chi connectivity index (χ1) is 38.7. The van der Waals surface area contributed by atoms with Crippen molar-refractivity contribution in [1.29, 1.82) is 0 Å². The largest absolute Gasteiger partial charge is 0.491 e. The van der Waals surface area contributed by atoms with Gasteiger partial charge >= 0.3 is 12.4 Å². The zero-order valence-corrected chi connectivity index (χ0v) is 46.3. The molecule has 6 heterocycles. The van der Waals surface area contributed by atoms with Gasteiger partial charge in [-0.1, -0.05) is 48.5 Å². The summed E-state index contributed by atoms with van der Waals surface area (Å²) in [7, 11) is 9.69. The number of anilines is 2. The number of benzene rings is 2. The van der Waals surface area contributed by atoms with Gasteiger partial charge in [-0.15, -0.1) is 43.1 Å². The molecule has 0 saturated heterocycles. The second-order valence-corrected chi connectivity index (χ2v) is 21.4. The number of rotatable bonds is 16. The average Bonchev–Trinajstić information content (AvgIpc) is 4.45. The summed E-state index contributed by atoms with van der Waals surface area (Å²) in [6, 6.07) is 21.0. The molecule has 19 nitrogen and oxygen atoms in total. The smallest absolute Gasteiger partial charge is 0.393 e. The molecule has 2 aliphatic carbocycles. The highest BCUT2D eigenvalue weighted by atomic mass is 32.1. The Morgan fingerprint density at radius 2 is 1.09 bits per heavy atom. The van der Waals surface area contributed by atoms with E-state index in [1.165, 1.54) is 39.0 Å².